The minimum atomic E-state index is -0.552. The zero-order chi connectivity index (χ0) is 19.8. The van der Waals surface area contributed by atoms with Crippen molar-refractivity contribution < 1.29 is 14.3 Å². The van der Waals surface area contributed by atoms with Crippen LogP contribution in [0.25, 0.3) is 10.8 Å². The van der Waals surface area contributed by atoms with Crippen LogP contribution in [0.15, 0.2) is 66.7 Å². The smallest absolute Gasteiger partial charge is 0.252 e. The van der Waals surface area contributed by atoms with Gasteiger partial charge in [-0.15, -0.1) is 0 Å². The molecule has 0 saturated carbocycles. The third-order valence-corrected chi connectivity index (χ3v) is 4.18. The highest BCUT2D eigenvalue weighted by Gasteiger charge is 2.07. The largest absolute Gasteiger partial charge is 0.480 e. The van der Waals surface area contributed by atoms with Crippen LogP contribution in [0, 0.1) is 11.8 Å². The lowest BCUT2D eigenvalue weighted by Gasteiger charge is -2.06. The molecule has 28 heavy (non-hydrogen) atoms. The molecule has 140 valence electrons. The molecule has 0 aliphatic heterocycles. The number of amides is 2. The minimum absolute atomic E-state index is 0.0920. The topological polar surface area (TPSA) is 81.4 Å². The van der Waals surface area contributed by atoms with Crippen molar-refractivity contribution in [2.45, 2.75) is 6.42 Å². The Morgan fingerprint density at radius 2 is 1.68 bits per heavy atom. The number of carbonyl (C=O) groups excluding carboxylic acids is 2. The molecule has 3 N–H and O–H groups in total. The second-order valence-corrected chi connectivity index (χ2v) is 6.09. The molecule has 0 aliphatic carbocycles. The van der Waals surface area contributed by atoms with E-state index in [0.29, 0.717) is 17.7 Å². The summed E-state index contributed by atoms with van der Waals surface area (Å²) in [6.45, 7) is 0.327. The van der Waals surface area contributed by atoms with Gasteiger partial charge in [0.15, 0.2) is 0 Å². The Hall–Kier alpha value is -3.78. The highest BCUT2D eigenvalue weighted by atomic mass is 16.5. The van der Waals surface area contributed by atoms with Crippen molar-refractivity contribution >= 4 is 22.6 Å². The predicted octanol–water partition coefficient (Wildman–Crippen LogP) is 2.68. The maximum Gasteiger partial charge on any atom is 0.252 e. The molecule has 3 aromatic rings. The molecule has 0 atom stereocenters. The van der Waals surface area contributed by atoms with E-state index in [1.807, 2.05) is 42.5 Å². The number of primary amides is 1. The average molecular weight is 372 g/mol. The summed E-state index contributed by atoms with van der Waals surface area (Å²) in [4.78, 5) is 23.5. The van der Waals surface area contributed by atoms with E-state index in [-0.39, 0.29) is 19.1 Å². The number of hydrogen-bond acceptors (Lipinski definition) is 3. The number of carbonyl (C=O) groups is 2. The lowest BCUT2D eigenvalue weighted by atomic mass is 10.0. The van der Waals surface area contributed by atoms with Crippen LogP contribution in [0.5, 0.6) is 5.75 Å². The molecule has 3 aromatic carbocycles. The van der Waals surface area contributed by atoms with Gasteiger partial charge in [0.2, 0.25) is 5.91 Å². The Kier molecular flexibility index (Phi) is 6.27. The quantitative estimate of drug-likeness (QED) is 0.653. The first-order valence-corrected chi connectivity index (χ1v) is 8.86. The summed E-state index contributed by atoms with van der Waals surface area (Å²) in [5.41, 5.74) is 6.59. The van der Waals surface area contributed by atoms with E-state index in [1.54, 1.807) is 24.3 Å². The molecule has 5 heteroatoms. The molecule has 0 aromatic heterocycles. The van der Waals surface area contributed by atoms with Gasteiger partial charge in [-0.2, -0.15) is 0 Å². The zero-order valence-electron chi connectivity index (χ0n) is 15.3. The second-order valence-electron chi connectivity index (χ2n) is 6.09. The number of nitrogens with two attached hydrogens (primary N) is 1. The summed E-state index contributed by atoms with van der Waals surface area (Å²) in [6.07, 6.45) is 0.297. The highest BCUT2D eigenvalue weighted by Crippen LogP contribution is 2.19. The fourth-order valence-corrected chi connectivity index (χ4v) is 2.85. The SMILES string of the molecule is NC(=O)c1ccccc1OCC#CCNC(=O)Cc1cccc2ccccc12. The van der Waals surface area contributed by atoms with Crippen molar-refractivity contribution in [3.05, 3.63) is 77.9 Å². The summed E-state index contributed by atoms with van der Waals surface area (Å²) in [5, 5.41) is 4.97. The maximum absolute atomic E-state index is 12.2. The molecule has 0 spiro atoms. The monoisotopic (exact) mass is 372 g/mol. The van der Waals surface area contributed by atoms with E-state index >= 15 is 0 Å². The van der Waals surface area contributed by atoms with Crippen molar-refractivity contribution in [3.63, 3.8) is 0 Å². The molecule has 5 nitrogen and oxygen atoms in total. The molecule has 0 bridgehead atoms. The Morgan fingerprint density at radius 1 is 0.929 bits per heavy atom. The van der Waals surface area contributed by atoms with Crippen LogP contribution in [0.3, 0.4) is 0 Å². The molecule has 0 unspecified atom stereocenters. The maximum atomic E-state index is 12.2. The van der Waals surface area contributed by atoms with E-state index in [2.05, 4.69) is 17.2 Å². The van der Waals surface area contributed by atoms with Gasteiger partial charge in [-0.1, -0.05) is 66.4 Å². The molecule has 0 radical (unpaired) electrons. The minimum Gasteiger partial charge on any atom is -0.480 e. The molecule has 0 saturated heterocycles. The van der Waals surface area contributed by atoms with Crippen LogP contribution in [0.1, 0.15) is 15.9 Å². The van der Waals surface area contributed by atoms with Gasteiger partial charge in [-0.05, 0) is 28.5 Å². The summed E-state index contributed by atoms with van der Waals surface area (Å²) < 4.78 is 5.46. The number of ether oxygens (including phenoxy) is 1. The normalized spacial score (nSPS) is 10.0. The summed E-state index contributed by atoms with van der Waals surface area (Å²) in [6, 6.07) is 20.6. The van der Waals surface area contributed by atoms with E-state index in [0.717, 1.165) is 16.3 Å². The number of nitrogens with one attached hydrogen (secondary N) is 1. The lowest BCUT2D eigenvalue weighted by Crippen LogP contribution is -2.25. The lowest BCUT2D eigenvalue weighted by molar-refractivity contribution is -0.120. The third-order valence-electron chi connectivity index (χ3n) is 4.18. The molecule has 0 aliphatic rings. The van der Waals surface area contributed by atoms with Crippen molar-refractivity contribution in [3.8, 4) is 17.6 Å². The Morgan fingerprint density at radius 3 is 2.54 bits per heavy atom. The van der Waals surface area contributed by atoms with Gasteiger partial charge in [0.25, 0.3) is 5.91 Å². The van der Waals surface area contributed by atoms with E-state index in [1.165, 1.54) is 0 Å². The van der Waals surface area contributed by atoms with Crippen molar-refractivity contribution in [2.24, 2.45) is 5.73 Å². The fraction of sp³-hybridized carbons (Fsp3) is 0.130. The molecular formula is C23H20N2O3. The Balaban J connectivity index is 1.48. The number of benzene rings is 3. The van der Waals surface area contributed by atoms with E-state index in [4.69, 9.17) is 10.5 Å². The molecule has 0 fully saturated rings. The van der Waals surface area contributed by atoms with Gasteiger partial charge in [-0.3, -0.25) is 9.59 Å². The Bertz CT molecular complexity index is 1060. The first kappa shape index (κ1) is 19.0. The number of rotatable bonds is 6. The number of fused-ring (bicyclic) bond motifs is 1. The van der Waals surface area contributed by atoms with Crippen molar-refractivity contribution in [2.75, 3.05) is 13.2 Å². The molecule has 2 amide bonds. The van der Waals surface area contributed by atoms with Crippen LogP contribution >= 0.6 is 0 Å². The standard InChI is InChI=1S/C23H20N2O3/c24-23(27)20-12-3-4-13-21(20)28-15-6-5-14-25-22(26)16-18-10-7-9-17-8-1-2-11-19(17)18/h1-4,7-13H,14-16H2,(H2,24,27)(H,25,26). The van der Waals surface area contributed by atoms with E-state index < -0.39 is 5.91 Å². The van der Waals surface area contributed by atoms with Gasteiger partial charge in [0.05, 0.1) is 18.5 Å². The van der Waals surface area contributed by atoms with Crippen LogP contribution in [-0.4, -0.2) is 25.0 Å². The second kappa shape index (κ2) is 9.24. The molecule has 3 rings (SSSR count). The number of para-hydroxylation sites is 1. The van der Waals surface area contributed by atoms with Gasteiger partial charge in [0.1, 0.15) is 12.4 Å². The zero-order valence-corrected chi connectivity index (χ0v) is 15.3. The average Bonchev–Trinajstić information content (AvgIpc) is 2.71. The first-order chi connectivity index (χ1) is 13.6. The highest BCUT2D eigenvalue weighted by molar-refractivity contribution is 5.95. The van der Waals surface area contributed by atoms with Gasteiger partial charge >= 0.3 is 0 Å². The molecule has 0 heterocycles. The van der Waals surface area contributed by atoms with Crippen molar-refractivity contribution in [1.82, 2.24) is 5.32 Å². The Labute approximate surface area is 163 Å². The van der Waals surface area contributed by atoms with E-state index in [9.17, 15) is 9.59 Å². The predicted molar refractivity (Wildman–Crippen MR) is 109 cm³/mol. The fourth-order valence-electron chi connectivity index (χ4n) is 2.85. The third kappa shape index (κ3) is 4.89. The van der Waals surface area contributed by atoms with Crippen LogP contribution in [0.2, 0.25) is 0 Å². The number of hydrogen-bond donors (Lipinski definition) is 2. The van der Waals surface area contributed by atoms with Crippen LogP contribution in [0.4, 0.5) is 0 Å². The van der Waals surface area contributed by atoms with Gasteiger partial charge in [-0.25, -0.2) is 0 Å². The van der Waals surface area contributed by atoms with Gasteiger partial charge in [0, 0.05) is 0 Å². The summed E-state index contributed by atoms with van der Waals surface area (Å²) in [5.74, 6) is 5.39. The summed E-state index contributed by atoms with van der Waals surface area (Å²) in [7, 11) is 0. The summed E-state index contributed by atoms with van der Waals surface area (Å²) >= 11 is 0. The van der Waals surface area contributed by atoms with Crippen LogP contribution < -0.4 is 15.8 Å². The molecular weight excluding hydrogens is 352 g/mol. The van der Waals surface area contributed by atoms with Crippen molar-refractivity contribution in [1.29, 1.82) is 0 Å². The van der Waals surface area contributed by atoms with Gasteiger partial charge < -0.3 is 15.8 Å². The first-order valence-electron chi connectivity index (χ1n) is 8.86. The van der Waals surface area contributed by atoms with Crippen LogP contribution in [-0.2, 0) is 11.2 Å².